The molecule has 0 bridgehead atoms. The summed E-state index contributed by atoms with van der Waals surface area (Å²) in [6, 6.07) is 18.0. The van der Waals surface area contributed by atoms with Crippen LogP contribution in [0.1, 0.15) is 31.8 Å². The smallest absolute Gasteiger partial charge is 0.337 e. The highest BCUT2D eigenvalue weighted by molar-refractivity contribution is 6.08. The molecule has 3 aromatic rings. The van der Waals surface area contributed by atoms with Gasteiger partial charge in [0, 0.05) is 11.3 Å². The van der Waals surface area contributed by atoms with Crippen molar-refractivity contribution < 1.29 is 24.2 Å². The van der Waals surface area contributed by atoms with Gasteiger partial charge in [0.2, 0.25) is 0 Å². The van der Waals surface area contributed by atoms with Crippen LogP contribution in [-0.4, -0.2) is 29.5 Å². The first-order chi connectivity index (χ1) is 14.8. The molecule has 0 saturated heterocycles. The number of carboxylic acids is 1. The Morgan fingerprint density at radius 2 is 1.58 bits per heavy atom. The fourth-order valence-corrected chi connectivity index (χ4v) is 2.83. The summed E-state index contributed by atoms with van der Waals surface area (Å²) >= 11 is 0. The van der Waals surface area contributed by atoms with Crippen LogP contribution < -0.4 is 15.4 Å². The molecule has 3 rings (SSSR count). The molecule has 0 aliphatic rings. The predicted molar refractivity (Wildman–Crippen MR) is 118 cm³/mol. The third kappa shape index (κ3) is 5.70. The minimum atomic E-state index is -1.13. The lowest BCUT2D eigenvalue weighted by molar-refractivity contribution is -0.118. The fraction of sp³-hybridized carbons (Fsp3) is 0.125. The number of carboxylic acid groups (broad SMARTS) is 1. The normalized spacial score (nSPS) is 10.3. The van der Waals surface area contributed by atoms with Gasteiger partial charge in [-0.2, -0.15) is 0 Å². The monoisotopic (exact) mass is 418 g/mol. The van der Waals surface area contributed by atoms with Crippen LogP contribution in [0.3, 0.4) is 0 Å². The van der Waals surface area contributed by atoms with Gasteiger partial charge < -0.3 is 20.5 Å². The lowest BCUT2D eigenvalue weighted by Crippen LogP contribution is -2.20. The molecule has 0 radical (unpaired) electrons. The zero-order valence-electron chi connectivity index (χ0n) is 17.1. The van der Waals surface area contributed by atoms with Crippen molar-refractivity contribution in [3.63, 3.8) is 0 Å². The van der Waals surface area contributed by atoms with E-state index < -0.39 is 11.9 Å². The molecule has 0 fully saturated rings. The molecule has 0 aliphatic heterocycles. The third-order valence-corrected chi connectivity index (χ3v) is 4.68. The van der Waals surface area contributed by atoms with Crippen molar-refractivity contribution in [3.05, 3.63) is 89.0 Å². The summed E-state index contributed by atoms with van der Waals surface area (Å²) < 4.78 is 5.51. The largest absolute Gasteiger partial charge is 0.484 e. The van der Waals surface area contributed by atoms with Crippen LogP contribution in [0, 0.1) is 13.8 Å². The SMILES string of the molecule is Cc1ccc(OCC(=O)Nc2ccc(C(=O)Nc3ccccc3C(=O)O)cc2)cc1C. The van der Waals surface area contributed by atoms with Crippen molar-refractivity contribution in [1.29, 1.82) is 0 Å². The number of carbonyl (C=O) groups excluding carboxylic acids is 2. The first-order valence-corrected chi connectivity index (χ1v) is 9.57. The molecule has 31 heavy (non-hydrogen) atoms. The number of para-hydroxylation sites is 1. The molecule has 0 atom stereocenters. The van der Waals surface area contributed by atoms with E-state index in [2.05, 4.69) is 10.6 Å². The second-order valence-corrected chi connectivity index (χ2v) is 6.97. The Morgan fingerprint density at radius 3 is 2.26 bits per heavy atom. The molecule has 3 aromatic carbocycles. The molecular weight excluding hydrogens is 396 g/mol. The minimum Gasteiger partial charge on any atom is -0.484 e. The molecular formula is C24H22N2O5. The first-order valence-electron chi connectivity index (χ1n) is 9.57. The van der Waals surface area contributed by atoms with E-state index in [9.17, 15) is 19.5 Å². The Kier molecular flexibility index (Phi) is 6.67. The maximum absolute atomic E-state index is 12.4. The highest BCUT2D eigenvalue weighted by atomic mass is 16.5. The van der Waals surface area contributed by atoms with Crippen molar-refractivity contribution in [3.8, 4) is 5.75 Å². The summed E-state index contributed by atoms with van der Waals surface area (Å²) in [7, 11) is 0. The van der Waals surface area contributed by atoms with Gasteiger partial charge in [-0.05, 0) is 73.5 Å². The van der Waals surface area contributed by atoms with Crippen LogP contribution in [0.4, 0.5) is 11.4 Å². The molecule has 3 N–H and O–H groups in total. The molecule has 0 aromatic heterocycles. The van der Waals surface area contributed by atoms with Crippen LogP contribution in [0.25, 0.3) is 0 Å². The number of aromatic carboxylic acids is 1. The number of anilines is 2. The molecule has 7 nitrogen and oxygen atoms in total. The molecule has 158 valence electrons. The zero-order chi connectivity index (χ0) is 22.4. The minimum absolute atomic E-state index is 0.00324. The number of aryl methyl sites for hydroxylation is 2. The van der Waals surface area contributed by atoms with Crippen molar-refractivity contribution in [2.45, 2.75) is 13.8 Å². The van der Waals surface area contributed by atoms with Gasteiger partial charge in [0.25, 0.3) is 11.8 Å². The summed E-state index contributed by atoms with van der Waals surface area (Å²) in [5.41, 5.74) is 3.27. The fourth-order valence-electron chi connectivity index (χ4n) is 2.83. The van der Waals surface area contributed by atoms with E-state index in [1.165, 1.54) is 12.1 Å². The highest BCUT2D eigenvalue weighted by Crippen LogP contribution is 2.18. The van der Waals surface area contributed by atoms with Gasteiger partial charge in [0.15, 0.2) is 6.61 Å². The van der Waals surface area contributed by atoms with Crippen molar-refractivity contribution >= 4 is 29.2 Å². The van der Waals surface area contributed by atoms with Gasteiger partial charge >= 0.3 is 5.97 Å². The average molecular weight is 418 g/mol. The molecule has 2 amide bonds. The Hall–Kier alpha value is -4.13. The number of carbonyl (C=O) groups is 3. The van der Waals surface area contributed by atoms with Crippen LogP contribution in [0.2, 0.25) is 0 Å². The van der Waals surface area contributed by atoms with Gasteiger partial charge in [0.05, 0.1) is 11.3 Å². The molecule has 0 heterocycles. The van der Waals surface area contributed by atoms with Gasteiger partial charge in [-0.25, -0.2) is 4.79 Å². The van der Waals surface area contributed by atoms with Gasteiger partial charge in [0.1, 0.15) is 5.75 Å². The first kappa shape index (κ1) is 21.6. The summed E-state index contributed by atoms with van der Waals surface area (Å²) in [5.74, 6) is -1.29. The molecule has 7 heteroatoms. The summed E-state index contributed by atoms with van der Waals surface area (Å²) in [5, 5.41) is 14.5. The van der Waals surface area contributed by atoms with Crippen molar-refractivity contribution in [2.75, 3.05) is 17.2 Å². The number of rotatable bonds is 7. The standard InChI is InChI=1S/C24H22N2O5/c1-15-7-12-19(13-16(15)2)31-14-22(27)25-18-10-8-17(9-11-18)23(28)26-21-6-4-3-5-20(21)24(29)30/h3-13H,14H2,1-2H3,(H,25,27)(H,26,28)(H,29,30). The molecule has 0 aliphatic carbocycles. The molecule has 0 spiro atoms. The van der Waals surface area contributed by atoms with Gasteiger partial charge in [-0.1, -0.05) is 18.2 Å². The van der Waals surface area contributed by atoms with E-state index >= 15 is 0 Å². The number of nitrogens with one attached hydrogen (secondary N) is 2. The van der Waals surface area contributed by atoms with Crippen LogP contribution in [0.15, 0.2) is 66.7 Å². The Labute approximate surface area is 179 Å². The van der Waals surface area contributed by atoms with Crippen molar-refractivity contribution in [2.24, 2.45) is 0 Å². The van der Waals surface area contributed by atoms with E-state index in [1.54, 1.807) is 36.4 Å². The second-order valence-electron chi connectivity index (χ2n) is 6.97. The van der Waals surface area contributed by atoms with Crippen molar-refractivity contribution in [1.82, 2.24) is 0 Å². The molecule has 0 unspecified atom stereocenters. The van der Waals surface area contributed by atoms with E-state index in [4.69, 9.17) is 4.74 Å². The number of hydrogen-bond donors (Lipinski definition) is 3. The lowest BCUT2D eigenvalue weighted by atomic mass is 10.1. The van der Waals surface area contributed by atoms with E-state index in [0.29, 0.717) is 17.0 Å². The van der Waals surface area contributed by atoms with Gasteiger partial charge in [-0.15, -0.1) is 0 Å². The lowest BCUT2D eigenvalue weighted by Gasteiger charge is -2.10. The van der Waals surface area contributed by atoms with Crippen LogP contribution in [-0.2, 0) is 4.79 Å². The number of amides is 2. The topological polar surface area (TPSA) is 105 Å². The average Bonchev–Trinajstić information content (AvgIpc) is 2.75. The summed E-state index contributed by atoms with van der Waals surface area (Å²) in [6.07, 6.45) is 0. The Balaban J connectivity index is 1.57. The maximum atomic E-state index is 12.4. The predicted octanol–water partition coefficient (Wildman–Crippen LogP) is 4.27. The third-order valence-electron chi connectivity index (χ3n) is 4.68. The van der Waals surface area contributed by atoms with E-state index in [-0.39, 0.29) is 23.8 Å². The maximum Gasteiger partial charge on any atom is 0.337 e. The van der Waals surface area contributed by atoms with Crippen LogP contribution >= 0.6 is 0 Å². The Bertz CT molecular complexity index is 1120. The van der Waals surface area contributed by atoms with Gasteiger partial charge in [-0.3, -0.25) is 9.59 Å². The molecule has 0 saturated carbocycles. The number of benzene rings is 3. The number of ether oxygens (including phenoxy) is 1. The van der Waals surface area contributed by atoms with E-state index in [0.717, 1.165) is 11.1 Å². The Morgan fingerprint density at radius 1 is 0.871 bits per heavy atom. The van der Waals surface area contributed by atoms with E-state index in [1.807, 2.05) is 32.0 Å². The quantitative estimate of drug-likeness (QED) is 0.531. The summed E-state index contributed by atoms with van der Waals surface area (Å²) in [4.78, 5) is 35.8. The zero-order valence-corrected chi connectivity index (χ0v) is 17.1. The summed E-state index contributed by atoms with van der Waals surface area (Å²) in [6.45, 7) is 3.83. The highest BCUT2D eigenvalue weighted by Gasteiger charge is 2.13. The second kappa shape index (κ2) is 9.58. The number of hydrogen-bond acceptors (Lipinski definition) is 4. The van der Waals surface area contributed by atoms with Crippen LogP contribution in [0.5, 0.6) is 5.75 Å².